The number of rotatable bonds is 4. The van der Waals surface area contributed by atoms with Crippen LogP contribution in [0.15, 0.2) is 0 Å². The van der Waals surface area contributed by atoms with E-state index in [1.165, 1.54) is 58.3 Å². The van der Waals surface area contributed by atoms with E-state index in [4.69, 9.17) is 0 Å². The van der Waals surface area contributed by atoms with Crippen LogP contribution in [0.3, 0.4) is 0 Å². The van der Waals surface area contributed by atoms with Gasteiger partial charge in [0.15, 0.2) is 0 Å². The highest BCUT2D eigenvalue weighted by molar-refractivity contribution is 4.83. The standard InChI is InChI=1S/C14H28N2/c1-12(2)10-14-4-3-9-16(14)11-13-5-7-15-8-6-13/h12-15H,3-11H2,1-2H3. The van der Waals surface area contributed by atoms with Gasteiger partial charge >= 0.3 is 0 Å². The molecule has 1 atom stereocenters. The third-order valence-electron chi connectivity index (χ3n) is 4.19. The minimum absolute atomic E-state index is 0.860. The number of nitrogens with one attached hydrogen (secondary N) is 1. The lowest BCUT2D eigenvalue weighted by Gasteiger charge is -2.31. The van der Waals surface area contributed by atoms with Crippen LogP contribution in [0, 0.1) is 11.8 Å². The Morgan fingerprint density at radius 2 is 1.94 bits per heavy atom. The summed E-state index contributed by atoms with van der Waals surface area (Å²) >= 11 is 0. The molecule has 2 aliphatic heterocycles. The van der Waals surface area contributed by atoms with Gasteiger partial charge in [-0.05, 0) is 63.6 Å². The second-order valence-electron chi connectivity index (χ2n) is 6.11. The smallest absolute Gasteiger partial charge is 0.00982 e. The zero-order valence-electron chi connectivity index (χ0n) is 11.0. The molecule has 94 valence electrons. The zero-order valence-corrected chi connectivity index (χ0v) is 11.0. The van der Waals surface area contributed by atoms with Crippen molar-refractivity contribution in [3.05, 3.63) is 0 Å². The van der Waals surface area contributed by atoms with E-state index in [-0.39, 0.29) is 0 Å². The van der Waals surface area contributed by atoms with Gasteiger partial charge in [0.25, 0.3) is 0 Å². The van der Waals surface area contributed by atoms with Gasteiger partial charge < -0.3 is 10.2 Å². The molecule has 16 heavy (non-hydrogen) atoms. The summed E-state index contributed by atoms with van der Waals surface area (Å²) in [4.78, 5) is 2.79. The van der Waals surface area contributed by atoms with Crippen molar-refractivity contribution in [2.75, 3.05) is 26.2 Å². The molecule has 0 saturated carbocycles. The van der Waals surface area contributed by atoms with Crippen LogP contribution in [0.2, 0.25) is 0 Å². The second kappa shape index (κ2) is 6.02. The first kappa shape index (κ1) is 12.4. The van der Waals surface area contributed by atoms with E-state index in [2.05, 4.69) is 24.1 Å². The Bertz CT molecular complexity index is 197. The Morgan fingerprint density at radius 1 is 1.19 bits per heavy atom. The van der Waals surface area contributed by atoms with Crippen molar-refractivity contribution in [2.45, 2.75) is 52.0 Å². The average Bonchev–Trinajstić information content (AvgIpc) is 2.66. The summed E-state index contributed by atoms with van der Waals surface area (Å²) in [6.45, 7) is 9.95. The molecule has 0 amide bonds. The lowest BCUT2D eigenvalue weighted by Crippen LogP contribution is -2.38. The van der Waals surface area contributed by atoms with Crippen LogP contribution in [-0.4, -0.2) is 37.1 Å². The van der Waals surface area contributed by atoms with E-state index >= 15 is 0 Å². The molecule has 0 aromatic heterocycles. The first-order valence-corrected chi connectivity index (χ1v) is 7.20. The monoisotopic (exact) mass is 224 g/mol. The van der Waals surface area contributed by atoms with Crippen molar-refractivity contribution in [3.63, 3.8) is 0 Å². The number of nitrogens with zero attached hydrogens (tertiary/aromatic N) is 1. The molecule has 2 aliphatic rings. The molecule has 0 radical (unpaired) electrons. The maximum atomic E-state index is 3.46. The van der Waals surface area contributed by atoms with Crippen molar-refractivity contribution in [3.8, 4) is 0 Å². The molecule has 2 nitrogen and oxygen atoms in total. The molecular weight excluding hydrogens is 196 g/mol. The molecule has 2 heteroatoms. The highest BCUT2D eigenvalue weighted by Gasteiger charge is 2.27. The summed E-state index contributed by atoms with van der Waals surface area (Å²) in [6, 6.07) is 0.898. The number of hydrogen-bond acceptors (Lipinski definition) is 2. The molecular formula is C14H28N2. The van der Waals surface area contributed by atoms with Gasteiger partial charge in [0, 0.05) is 12.6 Å². The maximum absolute atomic E-state index is 3.46. The first-order valence-electron chi connectivity index (χ1n) is 7.20. The van der Waals surface area contributed by atoms with Gasteiger partial charge in [-0.1, -0.05) is 13.8 Å². The van der Waals surface area contributed by atoms with E-state index < -0.39 is 0 Å². The highest BCUT2D eigenvalue weighted by atomic mass is 15.2. The normalized spacial score (nSPS) is 29.1. The number of piperidine rings is 1. The van der Waals surface area contributed by atoms with Crippen LogP contribution in [0.4, 0.5) is 0 Å². The predicted molar refractivity (Wildman–Crippen MR) is 69.6 cm³/mol. The van der Waals surface area contributed by atoms with Crippen LogP contribution in [0.1, 0.15) is 46.0 Å². The molecule has 2 rings (SSSR count). The van der Waals surface area contributed by atoms with Crippen molar-refractivity contribution < 1.29 is 0 Å². The van der Waals surface area contributed by atoms with Gasteiger partial charge in [0.2, 0.25) is 0 Å². The van der Waals surface area contributed by atoms with Crippen molar-refractivity contribution in [1.82, 2.24) is 10.2 Å². The number of hydrogen-bond donors (Lipinski definition) is 1. The minimum atomic E-state index is 0.860. The summed E-state index contributed by atoms with van der Waals surface area (Å²) in [6.07, 6.45) is 7.08. The second-order valence-corrected chi connectivity index (χ2v) is 6.11. The minimum Gasteiger partial charge on any atom is -0.317 e. The SMILES string of the molecule is CC(C)CC1CCCN1CC1CCNCC1. The van der Waals surface area contributed by atoms with Crippen LogP contribution < -0.4 is 5.32 Å². The van der Waals surface area contributed by atoms with Gasteiger partial charge in [-0.25, -0.2) is 0 Å². The van der Waals surface area contributed by atoms with E-state index in [0.717, 1.165) is 17.9 Å². The van der Waals surface area contributed by atoms with Crippen molar-refractivity contribution in [1.29, 1.82) is 0 Å². The third kappa shape index (κ3) is 3.46. The highest BCUT2D eigenvalue weighted by Crippen LogP contribution is 2.26. The summed E-state index contributed by atoms with van der Waals surface area (Å²) in [7, 11) is 0. The topological polar surface area (TPSA) is 15.3 Å². The van der Waals surface area contributed by atoms with Crippen molar-refractivity contribution in [2.24, 2.45) is 11.8 Å². The lowest BCUT2D eigenvalue weighted by molar-refractivity contribution is 0.176. The van der Waals surface area contributed by atoms with Crippen LogP contribution in [0.25, 0.3) is 0 Å². The Morgan fingerprint density at radius 3 is 2.62 bits per heavy atom. The fraction of sp³-hybridized carbons (Fsp3) is 1.00. The van der Waals surface area contributed by atoms with Crippen LogP contribution in [-0.2, 0) is 0 Å². The molecule has 0 aromatic carbocycles. The molecule has 1 N–H and O–H groups in total. The molecule has 2 heterocycles. The summed E-state index contributed by atoms with van der Waals surface area (Å²) in [5, 5.41) is 3.46. The lowest BCUT2D eigenvalue weighted by atomic mass is 9.96. The Hall–Kier alpha value is -0.0800. The molecule has 2 saturated heterocycles. The first-order chi connectivity index (χ1) is 7.75. The van der Waals surface area contributed by atoms with E-state index in [0.29, 0.717) is 0 Å². The van der Waals surface area contributed by atoms with Crippen LogP contribution >= 0.6 is 0 Å². The van der Waals surface area contributed by atoms with E-state index in [9.17, 15) is 0 Å². The zero-order chi connectivity index (χ0) is 11.4. The molecule has 0 spiro atoms. The summed E-state index contributed by atoms with van der Waals surface area (Å²) < 4.78 is 0. The van der Waals surface area contributed by atoms with E-state index in [1.54, 1.807) is 0 Å². The summed E-state index contributed by atoms with van der Waals surface area (Å²) in [5.41, 5.74) is 0. The molecule has 0 bridgehead atoms. The summed E-state index contributed by atoms with van der Waals surface area (Å²) in [5.74, 6) is 1.83. The van der Waals surface area contributed by atoms with Gasteiger partial charge in [0.1, 0.15) is 0 Å². The third-order valence-corrected chi connectivity index (χ3v) is 4.19. The molecule has 0 aliphatic carbocycles. The van der Waals surface area contributed by atoms with E-state index in [1.807, 2.05) is 0 Å². The van der Waals surface area contributed by atoms with Gasteiger partial charge in [-0.15, -0.1) is 0 Å². The molecule has 2 fully saturated rings. The molecule has 1 unspecified atom stereocenters. The molecule has 0 aromatic rings. The quantitative estimate of drug-likeness (QED) is 0.789. The Labute approximate surface area is 101 Å². The maximum Gasteiger partial charge on any atom is 0.00982 e. The predicted octanol–water partition coefficient (Wildman–Crippen LogP) is 2.50. The van der Waals surface area contributed by atoms with Crippen LogP contribution in [0.5, 0.6) is 0 Å². The van der Waals surface area contributed by atoms with Gasteiger partial charge in [0.05, 0.1) is 0 Å². The van der Waals surface area contributed by atoms with Gasteiger partial charge in [-0.3, -0.25) is 0 Å². The average molecular weight is 224 g/mol. The Kier molecular flexibility index (Phi) is 4.66. The fourth-order valence-electron chi connectivity index (χ4n) is 3.34. The Balaban J connectivity index is 1.78. The largest absolute Gasteiger partial charge is 0.317 e. The number of likely N-dealkylation sites (tertiary alicyclic amines) is 1. The van der Waals surface area contributed by atoms with Gasteiger partial charge in [-0.2, -0.15) is 0 Å². The van der Waals surface area contributed by atoms with Crippen molar-refractivity contribution >= 4 is 0 Å². The fourth-order valence-corrected chi connectivity index (χ4v) is 3.34.